The zero-order chi connectivity index (χ0) is 14.4. The fourth-order valence-corrected chi connectivity index (χ4v) is 3.31. The van der Waals surface area contributed by atoms with Crippen LogP contribution in [0.2, 0.25) is 0 Å². The van der Waals surface area contributed by atoms with Crippen LogP contribution < -0.4 is 10.6 Å². The second kappa shape index (κ2) is 7.59. The lowest BCUT2D eigenvalue weighted by Gasteiger charge is -2.30. The molecule has 0 radical (unpaired) electrons. The Kier molecular flexibility index (Phi) is 5.79. The number of hydrogen-bond acceptors (Lipinski definition) is 4. The highest BCUT2D eigenvalue weighted by Crippen LogP contribution is 2.23. The maximum absolute atomic E-state index is 11.8. The van der Waals surface area contributed by atoms with E-state index >= 15 is 0 Å². The summed E-state index contributed by atoms with van der Waals surface area (Å²) in [4.78, 5) is 16.2. The van der Waals surface area contributed by atoms with Gasteiger partial charge in [-0.05, 0) is 19.8 Å². The second-order valence-corrected chi connectivity index (χ2v) is 6.40. The molecule has 0 bridgehead atoms. The third-order valence-corrected chi connectivity index (χ3v) is 4.62. The summed E-state index contributed by atoms with van der Waals surface area (Å²) < 4.78 is 0. The molecule has 2 unspecified atom stereocenters. The summed E-state index contributed by atoms with van der Waals surface area (Å²) in [6, 6.07) is -0.0300. The lowest BCUT2D eigenvalue weighted by atomic mass is 9.85. The minimum absolute atomic E-state index is 0.107. The molecule has 1 aromatic heterocycles. The van der Waals surface area contributed by atoms with E-state index < -0.39 is 0 Å². The van der Waals surface area contributed by atoms with Crippen LogP contribution in [0.1, 0.15) is 36.4 Å². The molecule has 0 spiro atoms. The number of rotatable bonds is 5. The van der Waals surface area contributed by atoms with Crippen molar-refractivity contribution in [2.24, 2.45) is 5.92 Å². The van der Waals surface area contributed by atoms with Crippen molar-refractivity contribution in [2.45, 2.75) is 45.1 Å². The average molecular weight is 297 g/mol. The first-order valence-electron chi connectivity index (χ1n) is 7.25. The Bertz CT molecular complexity index is 436. The highest BCUT2D eigenvalue weighted by Gasteiger charge is 2.25. The van der Waals surface area contributed by atoms with Crippen molar-refractivity contribution in [1.82, 2.24) is 15.6 Å². The lowest BCUT2D eigenvalue weighted by Crippen LogP contribution is -2.48. The Hall–Kier alpha value is -1.14. The Labute approximate surface area is 123 Å². The number of urea groups is 1. The van der Waals surface area contributed by atoms with E-state index in [0.717, 1.165) is 42.8 Å². The monoisotopic (exact) mass is 297 g/mol. The third kappa shape index (κ3) is 4.45. The minimum Gasteiger partial charge on any atom is -0.396 e. The number of amides is 2. The fraction of sp³-hybridized carbons (Fsp3) is 0.714. The molecule has 6 heteroatoms. The molecular formula is C14H23N3O2S. The minimum atomic E-state index is -0.137. The summed E-state index contributed by atoms with van der Waals surface area (Å²) in [6.45, 7) is 2.72. The van der Waals surface area contributed by atoms with Gasteiger partial charge in [-0.3, -0.25) is 0 Å². The van der Waals surface area contributed by atoms with Crippen molar-refractivity contribution in [3.05, 3.63) is 16.1 Å². The summed E-state index contributed by atoms with van der Waals surface area (Å²) in [6.07, 6.45) is 4.99. The standard InChI is InChI=1S/C14H23N3O2S/c1-10-16-12(9-20-10)6-7-15-14(19)17-13-5-3-2-4-11(13)8-18/h9,11,13,18H,2-8H2,1H3,(H2,15,17,19). The quantitative estimate of drug-likeness (QED) is 0.776. The molecule has 1 heterocycles. The number of nitrogens with one attached hydrogen (secondary N) is 2. The summed E-state index contributed by atoms with van der Waals surface area (Å²) >= 11 is 1.63. The van der Waals surface area contributed by atoms with Gasteiger partial charge in [0, 0.05) is 36.9 Å². The highest BCUT2D eigenvalue weighted by molar-refractivity contribution is 7.09. The molecular weight excluding hydrogens is 274 g/mol. The number of carbonyl (C=O) groups excluding carboxylic acids is 1. The van der Waals surface area contributed by atoms with Gasteiger partial charge in [-0.1, -0.05) is 12.8 Å². The van der Waals surface area contributed by atoms with Gasteiger partial charge in [0.25, 0.3) is 0 Å². The number of aliphatic hydroxyl groups excluding tert-OH is 1. The Morgan fingerprint density at radius 3 is 3.00 bits per heavy atom. The van der Waals surface area contributed by atoms with E-state index in [-0.39, 0.29) is 24.6 Å². The van der Waals surface area contributed by atoms with E-state index in [4.69, 9.17) is 0 Å². The molecule has 2 rings (SSSR count). The summed E-state index contributed by atoms with van der Waals surface area (Å²) in [5.41, 5.74) is 1.03. The first-order chi connectivity index (χ1) is 9.69. The van der Waals surface area contributed by atoms with Crippen LogP contribution in [0.4, 0.5) is 4.79 Å². The Morgan fingerprint density at radius 2 is 2.30 bits per heavy atom. The number of carbonyl (C=O) groups is 1. The molecule has 0 saturated heterocycles. The largest absolute Gasteiger partial charge is 0.396 e. The van der Waals surface area contributed by atoms with Gasteiger partial charge >= 0.3 is 6.03 Å². The fourth-order valence-electron chi connectivity index (χ4n) is 2.66. The van der Waals surface area contributed by atoms with Gasteiger partial charge in [0.05, 0.1) is 10.7 Å². The van der Waals surface area contributed by atoms with Crippen LogP contribution in [0.5, 0.6) is 0 Å². The molecule has 1 aliphatic rings. The number of aryl methyl sites for hydroxylation is 1. The summed E-state index contributed by atoms with van der Waals surface area (Å²) in [5, 5.41) is 18.3. The van der Waals surface area contributed by atoms with Crippen LogP contribution in [0, 0.1) is 12.8 Å². The SMILES string of the molecule is Cc1nc(CCNC(=O)NC2CCCCC2CO)cs1. The lowest BCUT2D eigenvalue weighted by molar-refractivity contribution is 0.154. The van der Waals surface area contributed by atoms with Crippen LogP contribution in [-0.4, -0.2) is 35.3 Å². The molecule has 3 N–H and O–H groups in total. The van der Waals surface area contributed by atoms with Crippen LogP contribution in [0.3, 0.4) is 0 Å². The summed E-state index contributed by atoms with van der Waals surface area (Å²) in [7, 11) is 0. The van der Waals surface area contributed by atoms with Gasteiger partial charge in [0.15, 0.2) is 0 Å². The normalized spacial score (nSPS) is 22.5. The molecule has 1 aliphatic carbocycles. The second-order valence-electron chi connectivity index (χ2n) is 5.34. The van der Waals surface area contributed by atoms with Gasteiger partial charge in [-0.15, -0.1) is 11.3 Å². The first-order valence-corrected chi connectivity index (χ1v) is 8.13. The maximum atomic E-state index is 11.8. The van der Waals surface area contributed by atoms with E-state index in [2.05, 4.69) is 15.6 Å². The summed E-state index contributed by atoms with van der Waals surface area (Å²) in [5.74, 6) is 0.204. The number of thiazole rings is 1. The van der Waals surface area contributed by atoms with Crippen molar-refractivity contribution < 1.29 is 9.90 Å². The van der Waals surface area contributed by atoms with E-state index in [1.54, 1.807) is 11.3 Å². The number of aromatic nitrogens is 1. The van der Waals surface area contributed by atoms with Crippen LogP contribution >= 0.6 is 11.3 Å². The average Bonchev–Trinajstić information content (AvgIpc) is 2.85. The van der Waals surface area contributed by atoms with E-state index in [0.29, 0.717) is 6.54 Å². The zero-order valence-electron chi connectivity index (χ0n) is 11.9. The van der Waals surface area contributed by atoms with Crippen molar-refractivity contribution >= 4 is 17.4 Å². The van der Waals surface area contributed by atoms with Crippen LogP contribution in [-0.2, 0) is 6.42 Å². The number of aliphatic hydroxyl groups is 1. The third-order valence-electron chi connectivity index (χ3n) is 3.79. The van der Waals surface area contributed by atoms with Gasteiger partial charge in [-0.25, -0.2) is 9.78 Å². The Morgan fingerprint density at radius 1 is 1.50 bits per heavy atom. The van der Waals surface area contributed by atoms with Crippen LogP contribution in [0.15, 0.2) is 5.38 Å². The van der Waals surface area contributed by atoms with Gasteiger partial charge in [-0.2, -0.15) is 0 Å². The van der Waals surface area contributed by atoms with Crippen molar-refractivity contribution in [1.29, 1.82) is 0 Å². The molecule has 20 heavy (non-hydrogen) atoms. The van der Waals surface area contributed by atoms with E-state index in [1.165, 1.54) is 0 Å². The molecule has 2 amide bonds. The van der Waals surface area contributed by atoms with Crippen LogP contribution in [0.25, 0.3) is 0 Å². The molecule has 2 atom stereocenters. The smallest absolute Gasteiger partial charge is 0.315 e. The highest BCUT2D eigenvalue weighted by atomic mass is 32.1. The van der Waals surface area contributed by atoms with E-state index in [9.17, 15) is 9.90 Å². The number of hydrogen-bond donors (Lipinski definition) is 3. The molecule has 1 aromatic rings. The first kappa shape index (κ1) is 15.3. The molecule has 1 saturated carbocycles. The molecule has 1 fully saturated rings. The predicted molar refractivity (Wildman–Crippen MR) is 79.9 cm³/mol. The van der Waals surface area contributed by atoms with Gasteiger partial charge in [0.2, 0.25) is 0 Å². The molecule has 5 nitrogen and oxygen atoms in total. The molecule has 0 aliphatic heterocycles. The van der Waals surface area contributed by atoms with Crippen molar-refractivity contribution in [3.63, 3.8) is 0 Å². The number of nitrogens with zero attached hydrogens (tertiary/aromatic N) is 1. The Balaban J connectivity index is 1.69. The van der Waals surface area contributed by atoms with Gasteiger partial charge < -0.3 is 15.7 Å². The van der Waals surface area contributed by atoms with Crippen molar-refractivity contribution in [2.75, 3.05) is 13.2 Å². The predicted octanol–water partition coefficient (Wildman–Crippen LogP) is 1.84. The molecule has 112 valence electrons. The van der Waals surface area contributed by atoms with Crippen molar-refractivity contribution in [3.8, 4) is 0 Å². The van der Waals surface area contributed by atoms with E-state index in [1.807, 2.05) is 12.3 Å². The molecule has 0 aromatic carbocycles. The maximum Gasteiger partial charge on any atom is 0.315 e. The topological polar surface area (TPSA) is 74.2 Å². The van der Waals surface area contributed by atoms with Gasteiger partial charge in [0.1, 0.15) is 0 Å². The zero-order valence-corrected chi connectivity index (χ0v) is 12.7.